The van der Waals surface area contributed by atoms with Crippen molar-refractivity contribution >= 4 is 11.7 Å². The van der Waals surface area contributed by atoms with Crippen LogP contribution >= 0.6 is 0 Å². The molecule has 0 bridgehead atoms. The van der Waals surface area contributed by atoms with E-state index in [2.05, 4.69) is 5.32 Å². The Balaban J connectivity index is 2.97. The number of methoxy groups -OCH3 is 1. The first kappa shape index (κ1) is 15.4. The molecule has 0 aromatic heterocycles. The van der Waals surface area contributed by atoms with Gasteiger partial charge in [0.05, 0.1) is 5.60 Å². The monoisotopic (exact) mass is 269 g/mol. The summed E-state index contributed by atoms with van der Waals surface area (Å²) in [6.45, 7) is 5.17. The molecule has 1 unspecified atom stereocenters. The second-order valence-corrected chi connectivity index (χ2v) is 5.41. The summed E-state index contributed by atoms with van der Waals surface area (Å²) < 4.78 is 18.4. The number of hydrogen-bond donors (Lipinski definition) is 2. The molecular weight excluding hydrogens is 249 g/mol. The van der Waals surface area contributed by atoms with Gasteiger partial charge in [0.2, 0.25) is 0 Å². The zero-order valence-electron chi connectivity index (χ0n) is 11.7. The van der Waals surface area contributed by atoms with Crippen molar-refractivity contribution < 1.29 is 19.0 Å². The van der Waals surface area contributed by atoms with Gasteiger partial charge in [-0.15, -0.1) is 0 Å². The smallest absolute Gasteiger partial charge is 0.329 e. The van der Waals surface area contributed by atoms with Crippen LogP contribution in [-0.2, 0) is 9.53 Å². The van der Waals surface area contributed by atoms with Gasteiger partial charge >= 0.3 is 5.97 Å². The molecule has 0 spiro atoms. The Morgan fingerprint density at radius 3 is 2.53 bits per heavy atom. The Morgan fingerprint density at radius 1 is 1.42 bits per heavy atom. The van der Waals surface area contributed by atoms with Crippen LogP contribution in [0.5, 0.6) is 0 Å². The molecule has 0 aliphatic carbocycles. The summed E-state index contributed by atoms with van der Waals surface area (Å²) in [6, 6.07) is 5.73. The standard InChI is InChI=1S/C14H20FNO3/c1-13(2,19-4)9-14(3,12(17)18)16-11-7-5-6-10(15)8-11/h5-8,16H,9H2,1-4H3,(H,17,18). The van der Waals surface area contributed by atoms with Crippen molar-refractivity contribution in [2.75, 3.05) is 12.4 Å². The molecule has 106 valence electrons. The zero-order chi connectivity index (χ0) is 14.7. The predicted molar refractivity (Wildman–Crippen MR) is 71.8 cm³/mol. The number of hydrogen-bond acceptors (Lipinski definition) is 3. The Labute approximate surface area is 112 Å². The molecule has 0 saturated carbocycles. The molecule has 0 amide bonds. The van der Waals surface area contributed by atoms with E-state index in [9.17, 15) is 14.3 Å². The SMILES string of the molecule is COC(C)(C)CC(C)(Nc1cccc(F)c1)C(=O)O. The second kappa shape index (κ2) is 5.57. The Morgan fingerprint density at radius 2 is 2.05 bits per heavy atom. The summed E-state index contributed by atoms with van der Waals surface area (Å²) in [4.78, 5) is 11.5. The number of carboxylic acid groups (broad SMARTS) is 1. The third kappa shape index (κ3) is 4.21. The normalized spacial score (nSPS) is 14.8. The number of anilines is 1. The maximum atomic E-state index is 13.1. The van der Waals surface area contributed by atoms with Gasteiger partial charge in [0.1, 0.15) is 11.4 Å². The van der Waals surface area contributed by atoms with Gasteiger partial charge in [-0.1, -0.05) is 6.07 Å². The summed E-state index contributed by atoms with van der Waals surface area (Å²) in [7, 11) is 1.53. The van der Waals surface area contributed by atoms with E-state index in [-0.39, 0.29) is 6.42 Å². The third-order valence-corrected chi connectivity index (χ3v) is 3.05. The Bertz CT molecular complexity index is 462. The van der Waals surface area contributed by atoms with Crippen LogP contribution < -0.4 is 5.32 Å². The molecule has 0 aliphatic rings. The molecule has 0 saturated heterocycles. The van der Waals surface area contributed by atoms with Crippen molar-refractivity contribution in [3.8, 4) is 0 Å². The number of ether oxygens (including phenoxy) is 1. The number of carbonyl (C=O) groups is 1. The topological polar surface area (TPSA) is 58.6 Å². The number of rotatable bonds is 6. The number of benzene rings is 1. The fraction of sp³-hybridized carbons (Fsp3) is 0.500. The number of carboxylic acids is 1. The Hall–Kier alpha value is -1.62. The van der Waals surface area contributed by atoms with E-state index >= 15 is 0 Å². The molecule has 1 rings (SSSR count). The van der Waals surface area contributed by atoms with Crippen molar-refractivity contribution in [3.63, 3.8) is 0 Å². The first-order chi connectivity index (χ1) is 8.68. The molecule has 4 nitrogen and oxygen atoms in total. The third-order valence-electron chi connectivity index (χ3n) is 3.05. The van der Waals surface area contributed by atoms with Gasteiger partial charge in [-0.2, -0.15) is 0 Å². The van der Waals surface area contributed by atoms with E-state index < -0.39 is 22.9 Å². The number of aliphatic carboxylic acids is 1. The van der Waals surface area contributed by atoms with E-state index in [0.717, 1.165) is 0 Å². The van der Waals surface area contributed by atoms with Crippen LogP contribution in [0.4, 0.5) is 10.1 Å². The molecule has 5 heteroatoms. The molecule has 1 aromatic carbocycles. The van der Waals surface area contributed by atoms with E-state index in [1.807, 2.05) is 0 Å². The van der Waals surface area contributed by atoms with E-state index in [4.69, 9.17) is 4.74 Å². The van der Waals surface area contributed by atoms with Crippen molar-refractivity contribution in [2.45, 2.75) is 38.3 Å². The molecule has 1 atom stereocenters. The predicted octanol–water partition coefficient (Wildman–Crippen LogP) is 2.90. The summed E-state index contributed by atoms with van der Waals surface area (Å²) in [5.41, 5.74) is -1.42. The van der Waals surface area contributed by atoms with Gasteiger partial charge in [-0.25, -0.2) is 9.18 Å². The van der Waals surface area contributed by atoms with Crippen LogP contribution in [0.15, 0.2) is 24.3 Å². The highest BCUT2D eigenvalue weighted by atomic mass is 19.1. The highest BCUT2D eigenvalue weighted by Crippen LogP contribution is 2.27. The van der Waals surface area contributed by atoms with Crippen LogP contribution in [0.1, 0.15) is 27.2 Å². The first-order valence-corrected chi connectivity index (χ1v) is 6.01. The van der Waals surface area contributed by atoms with Crippen molar-refractivity contribution in [2.24, 2.45) is 0 Å². The van der Waals surface area contributed by atoms with Crippen molar-refractivity contribution in [1.82, 2.24) is 0 Å². The molecule has 0 heterocycles. The zero-order valence-corrected chi connectivity index (χ0v) is 11.7. The molecule has 2 N–H and O–H groups in total. The molecule has 0 aliphatic heterocycles. The van der Waals surface area contributed by atoms with E-state index in [0.29, 0.717) is 5.69 Å². The average Bonchev–Trinajstić information content (AvgIpc) is 2.28. The Kier molecular flexibility index (Phi) is 4.52. The quantitative estimate of drug-likeness (QED) is 0.833. The van der Waals surface area contributed by atoms with Crippen LogP contribution in [-0.4, -0.2) is 29.3 Å². The first-order valence-electron chi connectivity index (χ1n) is 6.01. The highest BCUT2D eigenvalue weighted by Gasteiger charge is 2.39. The van der Waals surface area contributed by atoms with Gasteiger partial charge in [-0.05, 0) is 39.0 Å². The molecule has 0 fully saturated rings. The lowest BCUT2D eigenvalue weighted by molar-refractivity contribution is -0.144. The molecule has 19 heavy (non-hydrogen) atoms. The lowest BCUT2D eigenvalue weighted by atomic mass is 9.87. The minimum atomic E-state index is -1.24. The van der Waals surface area contributed by atoms with Crippen LogP contribution in [0.2, 0.25) is 0 Å². The summed E-state index contributed by atoms with van der Waals surface area (Å²) in [6.07, 6.45) is 0.238. The minimum absolute atomic E-state index is 0.238. The maximum Gasteiger partial charge on any atom is 0.329 e. The molecular formula is C14H20FNO3. The van der Waals surface area contributed by atoms with Crippen molar-refractivity contribution in [1.29, 1.82) is 0 Å². The van der Waals surface area contributed by atoms with Crippen LogP contribution in [0.3, 0.4) is 0 Å². The molecule has 0 radical (unpaired) electrons. The lowest BCUT2D eigenvalue weighted by Gasteiger charge is -2.35. The summed E-state index contributed by atoms with van der Waals surface area (Å²) >= 11 is 0. The second-order valence-electron chi connectivity index (χ2n) is 5.41. The number of halogens is 1. The van der Waals surface area contributed by atoms with E-state index in [1.165, 1.54) is 25.3 Å². The summed E-state index contributed by atoms with van der Waals surface area (Å²) in [5, 5.41) is 12.3. The minimum Gasteiger partial charge on any atom is -0.480 e. The van der Waals surface area contributed by atoms with Crippen molar-refractivity contribution in [3.05, 3.63) is 30.1 Å². The fourth-order valence-corrected chi connectivity index (χ4v) is 1.98. The largest absolute Gasteiger partial charge is 0.480 e. The van der Waals surface area contributed by atoms with Gasteiger partial charge in [0, 0.05) is 19.2 Å². The maximum absolute atomic E-state index is 13.1. The van der Waals surface area contributed by atoms with E-state index in [1.54, 1.807) is 26.8 Å². The van der Waals surface area contributed by atoms with Gasteiger partial charge in [-0.3, -0.25) is 0 Å². The van der Waals surface area contributed by atoms with Gasteiger partial charge in [0.25, 0.3) is 0 Å². The summed E-state index contributed by atoms with van der Waals surface area (Å²) in [5.74, 6) is -1.43. The fourth-order valence-electron chi connectivity index (χ4n) is 1.98. The van der Waals surface area contributed by atoms with Gasteiger partial charge < -0.3 is 15.2 Å². The average molecular weight is 269 g/mol. The number of nitrogens with one attached hydrogen (secondary N) is 1. The van der Waals surface area contributed by atoms with Crippen LogP contribution in [0.25, 0.3) is 0 Å². The molecule has 1 aromatic rings. The van der Waals surface area contributed by atoms with Gasteiger partial charge in [0.15, 0.2) is 0 Å². The highest BCUT2D eigenvalue weighted by molar-refractivity contribution is 5.82. The lowest BCUT2D eigenvalue weighted by Crippen LogP contribution is -2.49. The van der Waals surface area contributed by atoms with Crippen LogP contribution in [0, 0.1) is 5.82 Å².